The van der Waals surface area contributed by atoms with Gasteiger partial charge in [0.2, 0.25) is 0 Å². The summed E-state index contributed by atoms with van der Waals surface area (Å²) in [4.78, 5) is 72.1. The SMILES string of the molecule is CC.CC.CC1=C(/C=C/C(C)=C/C=C/C(C)=C/C=C/C=C(C)/C=C/C=C(C)/C=C/C2=C(C)C(=O)C(OC(=O)CCC(=O)O)CC2(C)C)C(C)(C)CC(CC(=O)CCC(=O)O)C1=O. The summed E-state index contributed by atoms with van der Waals surface area (Å²) in [6.07, 6.45) is 27.0. The van der Waals surface area contributed by atoms with Gasteiger partial charge in [0.05, 0.1) is 19.3 Å². The molecule has 9 heteroatoms. The van der Waals surface area contributed by atoms with Gasteiger partial charge in [-0.2, -0.15) is 0 Å². The molecule has 0 saturated carbocycles. The highest BCUT2D eigenvalue weighted by molar-refractivity contribution is 6.02. The lowest BCUT2D eigenvalue weighted by molar-refractivity contribution is -0.157. The summed E-state index contributed by atoms with van der Waals surface area (Å²) in [5.74, 6) is -3.70. The third-order valence-electron chi connectivity index (χ3n) is 10.3. The molecule has 0 saturated heterocycles. The van der Waals surface area contributed by atoms with Crippen LogP contribution in [0.2, 0.25) is 0 Å². The minimum atomic E-state index is -1.09. The van der Waals surface area contributed by atoms with Crippen LogP contribution in [0, 0.1) is 16.7 Å². The molecule has 340 valence electrons. The minimum Gasteiger partial charge on any atom is -0.481 e. The van der Waals surface area contributed by atoms with Crippen LogP contribution in [-0.4, -0.2) is 51.6 Å². The van der Waals surface area contributed by atoms with Crippen LogP contribution in [0.5, 0.6) is 0 Å². The van der Waals surface area contributed by atoms with Crippen LogP contribution < -0.4 is 0 Å². The Hall–Kier alpha value is -5.44. The number of hydrogen-bond donors (Lipinski definition) is 2. The van der Waals surface area contributed by atoms with E-state index >= 15 is 0 Å². The molecule has 2 unspecified atom stereocenters. The maximum Gasteiger partial charge on any atom is 0.307 e. The Bertz CT molecular complexity index is 1820. The van der Waals surface area contributed by atoms with Crippen LogP contribution >= 0.6 is 0 Å². The molecule has 0 aromatic heterocycles. The lowest BCUT2D eigenvalue weighted by Gasteiger charge is -2.36. The molecule has 0 amide bonds. The van der Waals surface area contributed by atoms with Crippen LogP contribution in [0.4, 0.5) is 0 Å². The van der Waals surface area contributed by atoms with E-state index in [1.165, 1.54) is 0 Å². The lowest BCUT2D eigenvalue weighted by Crippen LogP contribution is -2.39. The molecule has 9 nitrogen and oxygen atoms in total. The first-order chi connectivity index (χ1) is 29.0. The molecule has 2 aliphatic carbocycles. The van der Waals surface area contributed by atoms with Crippen molar-refractivity contribution in [1.82, 2.24) is 0 Å². The van der Waals surface area contributed by atoms with Gasteiger partial charge in [0.25, 0.3) is 0 Å². The standard InChI is InChI=1S/C49H62O9.2C2H6/c1-32(17-13-19-34(3)21-24-40-36(5)46(56)38(30-48(40,7)8)29-39(50)23-26-43(51)52)15-11-12-16-33(2)18-14-20-35(4)22-25-41-37(6)47(57)42(31-49(41,9)10)58-45(55)28-27-44(53)54;2*1-2/h11-22,24-25,38,42H,23,26-31H2,1-10H3,(H,51,52)(H,53,54);2*1-2H3/b12-11+,17-13+,18-14+,24-21+,25-22+,32-15+,33-16+,34-19+,35-20+;;. The van der Waals surface area contributed by atoms with E-state index in [0.717, 1.165) is 33.4 Å². The van der Waals surface area contributed by atoms with Crippen LogP contribution in [0.1, 0.15) is 142 Å². The Morgan fingerprint density at radius 2 is 0.968 bits per heavy atom. The number of aliphatic carboxylic acids is 2. The molecular formula is C53H74O9. The highest BCUT2D eigenvalue weighted by atomic mass is 16.5. The number of ketones is 3. The van der Waals surface area contributed by atoms with E-state index in [2.05, 4.69) is 13.8 Å². The molecule has 2 N–H and O–H groups in total. The van der Waals surface area contributed by atoms with Crippen LogP contribution in [0.3, 0.4) is 0 Å². The number of rotatable bonds is 19. The number of esters is 1. The maximum absolute atomic E-state index is 13.1. The molecule has 0 aliphatic heterocycles. The summed E-state index contributed by atoms with van der Waals surface area (Å²) in [7, 11) is 0. The highest BCUT2D eigenvalue weighted by Gasteiger charge is 2.40. The van der Waals surface area contributed by atoms with Crippen LogP contribution in [0.15, 0.2) is 130 Å². The van der Waals surface area contributed by atoms with E-state index in [1.54, 1.807) is 6.92 Å². The third-order valence-corrected chi connectivity index (χ3v) is 10.3. The molecule has 2 aliphatic rings. The first-order valence-electron chi connectivity index (χ1n) is 21.8. The van der Waals surface area contributed by atoms with Gasteiger partial charge in [-0.05, 0) is 81.1 Å². The average molecular weight is 855 g/mol. The molecule has 0 spiro atoms. The molecule has 2 rings (SSSR count). The Kier molecular flexibility index (Phi) is 25.7. The zero-order valence-corrected chi connectivity index (χ0v) is 39.9. The minimum absolute atomic E-state index is 0.0407. The normalized spacial score (nSPS) is 20.0. The third kappa shape index (κ3) is 20.4. The molecular weight excluding hydrogens is 781 g/mol. The second-order valence-corrected chi connectivity index (χ2v) is 16.6. The van der Waals surface area contributed by atoms with E-state index in [1.807, 2.05) is 161 Å². The van der Waals surface area contributed by atoms with Crippen molar-refractivity contribution in [2.75, 3.05) is 0 Å². The molecule has 0 radical (unpaired) electrons. The van der Waals surface area contributed by atoms with E-state index in [0.29, 0.717) is 24.0 Å². The van der Waals surface area contributed by atoms with Crippen molar-refractivity contribution >= 4 is 35.3 Å². The first-order valence-corrected chi connectivity index (χ1v) is 21.8. The summed E-state index contributed by atoms with van der Waals surface area (Å²) >= 11 is 0. The molecule has 2 atom stereocenters. The fourth-order valence-electron chi connectivity index (χ4n) is 7.09. The Labute approximate surface area is 372 Å². The van der Waals surface area contributed by atoms with Crippen molar-refractivity contribution in [3.05, 3.63) is 130 Å². The van der Waals surface area contributed by atoms with Gasteiger partial charge in [0.1, 0.15) is 5.78 Å². The molecule has 0 aromatic carbocycles. The summed E-state index contributed by atoms with van der Waals surface area (Å²) < 4.78 is 5.36. The number of Topliss-reactive ketones (excluding diaryl/α,β-unsaturated/α-hetero) is 3. The number of allylic oxidation sites excluding steroid dienone is 21. The quantitative estimate of drug-likeness (QED) is 0.0955. The molecule has 0 bridgehead atoms. The Morgan fingerprint density at radius 1 is 0.581 bits per heavy atom. The zero-order valence-electron chi connectivity index (χ0n) is 39.9. The first kappa shape index (κ1) is 56.6. The predicted octanol–water partition coefficient (Wildman–Crippen LogP) is 12.5. The van der Waals surface area contributed by atoms with E-state index in [-0.39, 0.29) is 54.9 Å². The number of hydrogen-bond acceptors (Lipinski definition) is 7. The summed E-state index contributed by atoms with van der Waals surface area (Å²) in [6, 6.07) is 0. The van der Waals surface area contributed by atoms with Gasteiger partial charge in [0.15, 0.2) is 17.7 Å². The number of ether oxygens (including phenoxy) is 1. The van der Waals surface area contributed by atoms with Gasteiger partial charge in [0, 0.05) is 25.2 Å². The molecule has 62 heavy (non-hydrogen) atoms. The maximum atomic E-state index is 13.1. The summed E-state index contributed by atoms with van der Waals surface area (Å²) in [6.45, 7) is 27.7. The van der Waals surface area contributed by atoms with Gasteiger partial charge in [-0.15, -0.1) is 0 Å². The zero-order chi connectivity index (χ0) is 47.8. The molecule has 0 fully saturated rings. The largest absolute Gasteiger partial charge is 0.481 e. The van der Waals surface area contributed by atoms with Crippen molar-refractivity contribution in [2.24, 2.45) is 16.7 Å². The van der Waals surface area contributed by atoms with E-state index in [4.69, 9.17) is 14.9 Å². The van der Waals surface area contributed by atoms with Crippen molar-refractivity contribution in [3.63, 3.8) is 0 Å². The lowest BCUT2D eigenvalue weighted by atomic mass is 9.66. The number of carbonyl (C=O) groups excluding carboxylic acids is 4. The fraction of sp³-hybridized carbons (Fsp3) is 0.472. The van der Waals surface area contributed by atoms with E-state index in [9.17, 15) is 28.8 Å². The topological polar surface area (TPSA) is 152 Å². The predicted molar refractivity (Wildman–Crippen MR) is 252 cm³/mol. The Morgan fingerprint density at radius 3 is 1.42 bits per heavy atom. The van der Waals surface area contributed by atoms with Crippen molar-refractivity contribution in [2.45, 2.75) is 148 Å². The van der Waals surface area contributed by atoms with Crippen molar-refractivity contribution in [1.29, 1.82) is 0 Å². The van der Waals surface area contributed by atoms with Gasteiger partial charge >= 0.3 is 17.9 Å². The van der Waals surface area contributed by atoms with E-state index < -0.39 is 35.3 Å². The van der Waals surface area contributed by atoms with Gasteiger partial charge in [-0.25, -0.2) is 0 Å². The molecule has 0 heterocycles. The summed E-state index contributed by atoms with van der Waals surface area (Å²) in [5, 5.41) is 17.7. The van der Waals surface area contributed by atoms with Gasteiger partial charge < -0.3 is 14.9 Å². The van der Waals surface area contributed by atoms with Crippen LogP contribution in [0.25, 0.3) is 0 Å². The highest BCUT2D eigenvalue weighted by Crippen LogP contribution is 2.44. The fourth-order valence-corrected chi connectivity index (χ4v) is 7.09. The average Bonchev–Trinajstić information content (AvgIpc) is 3.20. The Balaban J connectivity index is 0.00000902. The van der Waals surface area contributed by atoms with Gasteiger partial charge in [-0.3, -0.25) is 28.8 Å². The van der Waals surface area contributed by atoms with Crippen LogP contribution in [-0.2, 0) is 33.5 Å². The van der Waals surface area contributed by atoms with Crippen molar-refractivity contribution < 1.29 is 43.7 Å². The smallest absolute Gasteiger partial charge is 0.307 e. The second kappa shape index (κ2) is 28.2. The molecule has 0 aromatic rings. The second-order valence-electron chi connectivity index (χ2n) is 16.6. The number of carbonyl (C=O) groups is 6. The number of carboxylic acid groups (broad SMARTS) is 2. The van der Waals surface area contributed by atoms with Gasteiger partial charge in [-0.1, -0.05) is 163 Å². The monoisotopic (exact) mass is 855 g/mol. The van der Waals surface area contributed by atoms with Crippen molar-refractivity contribution in [3.8, 4) is 0 Å². The summed E-state index contributed by atoms with van der Waals surface area (Å²) in [5.41, 5.74) is 6.42. The number of carboxylic acids is 2.